The molecule has 2 fully saturated rings. The molecule has 2 atom stereocenters. The number of carbonyl (C=O) groups is 2. The van der Waals surface area contributed by atoms with Gasteiger partial charge < -0.3 is 9.47 Å². The van der Waals surface area contributed by atoms with Crippen molar-refractivity contribution in [2.45, 2.75) is 19.3 Å². The summed E-state index contributed by atoms with van der Waals surface area (Å²) in [5.74, 6) is -0.497. The summed E-state index contributed by atoms with van der Waals surface area (Å²) in [6.07, 6.45) is 2.98. The number of ether oxygens (including phenoxy) is 2. The van der Waals surface area contributed by atoms with Crippen LogP contribution in [0.25, 0.3) is 0 Å². The fourth-order valence-electron chi connectivity index (χ4n) is 2.98. The van der Waals surface area contributed by atoms with Gasteiger partial charge in [-0.05, 0) is 24.7 Å². The van der Waals surface area contributed by atoms with E-state index in [2.05, 4.69) is 0 Å². The van der Waals surface area contributed by atoms with E-state index in [4.69, 9.17) is 9.47 Å². The smallest absolute Gasteiger partial charge is 0.323 e. The van der Waals surface area contributed by atoms with Gasteiger partial charge in [0.25, 0.3) is 0 Å². The Morgan fingerprint density at radius 1 is 1.07 bits per heavy atom. The number of methoxy groups -OCH3 is 2. The van der Waals surface area contributed by atoms with Crippen LogP contribution in [0.1, 0.15) is 19.3 Å². The molecule has 0 N–H and O–H groups in total. The number of hydrogen-bond donors (Lipinski definition) is 0. The zero-order valence-electron chi connectivity index (χ0n) is 8.41. The van der Waals surface area contributed by atoms with Crippen LogP contribution in [-0.4, -0.2) is 26.2 Å². The molecule has 0 bridgehead atoms. The highest BCUT2D eigenvalue weighted by atomic mass is 16.5. The van der Waals surface area contributed by atoms with Crippen LogP contribution < -0.4 is 0 Å². The van der Waals surface area contributed by atoms with Gasteiger partial charge in [0.15, 0.2) is 5.41 Å². The van der Waals surface area contributed by atoms with Crippen LogP contribution in [0, 0.1) is 17.3 Å². The number of hydrogen-bond acceptors (Lipinski definition) is 4. The molecule has 2 aliphatic rings. The third-order valence-electron chi connectivity index (χ3n) is 3.62. The maximum atomic E-state index is 11.6. The zero-order valence-corrected chi connectivity index (χ0v) is 8.41. The van der Waals surface area contributed by atoms with Crippen LogP contribution in [0.4, 0.5) is 0 Å². The van der Waals surface area contributed by atoms with Gasteiger partial charge in [0.1, 0.15) is 0 Å². The third-order valence-corrected chi connectivity index (χ3v) is 3.62. The Balaban J connectivity index is 2.25. The fraction of sp³-hybridized carbons (Fsp3) is 0.800. The molecule has 0 saturated heterocycles. The van der Waals surface area contributed by atoms with Crippen LogP contribution in [0.5, 0.6) is 0 Å². The Bertz CT molecular complexity index is 256. The molecular formula is C10H14O4. The molecule has 0 aliphatic heterocycles. The van der Waals surface area contributed by atoms with Crippen molar-refractivity contribution in [3.8, 4) is 0 Å². The lowest BCUT2D eigenvalue weighted by atomic mass is 9.96. The minimum atomic E-state index is -0.943. The van der Waals surface area contributed by atoms with Crippen molar-refractivity contribution in [1.29, 1.82) is 0 Å². The molecule has 0 aromatic rings. The van der Waals surface area contributed by atoms with Crippen molar-refractivity contribution in [3.05, 3.63) is 0 Å². The van der Waals surface area contributed by atoms with E-state index in [-0.39, 0.29) is 11.8 Å². The van der Waals surface area contributed by atoms with Crippen LogP contribution in [0.3, 0.4) is 0 Å². The Hall–Kier alpha value is -1.06. The van der Waals surface area contributed by atoms with Crippen LogP contribution in [-0.2, 0) is 19.1 Å². The minimum Gasteiger partial charge on any atom is -0.468 e. The number of rotatable bonds is 2. The van der Waals surface area contributed by atoms with E-state index in [1.54, 1.807) is 0 Å². The molecule has 2 rings (SSSR count). The van der Waals surface area contributed by atoms with Gasteiger partial charge >= 0.3 is 11.9 Å². The first kappa shape index (κ1) is 9.49. The van der Waals surface area contributed by atoms with E-state index in [0.29, 0.717) is 0 Å². The molecule has 0 radical (unpaired) electrons. The van der Waals surface area contributed by atoms with Crippen molar-refractivity contribution < 1.29 is 19.1 Å². The van der Waals surface area contributed by atoms with E-state index in [0.717, 1.165) is 19.3 Å². The van der Waals surface area contributed by atoms with Crippen LogP contribution in [0.2, 0.25) is 0 Å². The first-order valence-corrected chi connectivity index (χ1v) is 4.86. The summed E-state index contributed by atoms with van der Waals surface area (Å²) >= 11 is 0. The van der Waals surface area contributed by atoms with Crippen molar-refractivity contribution in [2.24, 2.45) is 17.3 Å². The minimum absolute atomic E-state index is 0.169. The maximum Gasteiger partial charge on any atom is 0.323 e. The largest absolute Gasteiger partial charge is 0.468 e. The lowest BCUT2D eigenvalue weighted by Gasteiger charge is -2.15. The van der Waals surface area contributed by atoms with Crippen LogP contribution >= 0.6 is 0 Å². The number of esters is 2. The summed E-state index contributed by atoms with van der Waals surface area (Å²) in [4.78, 5) is 23.2. The van der Waals surface area contributed by atoms with Crippen molar-refractivity contribution >= 4 is 11.9 Å². The van der Waals surface area contributed by atoms with Crippen molar-refractivity contribution in [2.75, 3.05) is 14.2 Å². The van der Waals surface area contributed by atoms with E-state index >= 15 is 0 Å². The maximum absolute atomic E-state index is 11.6. The Kier molecular flexibility index (Phi) is 2.01. The highest BCUT2D eigenvalue weighted by Crippen LogP contribution is 2.68. The molecule has 0 heterocycles. The van der Waals surface area contributed by atoms with Gasteiger partial charge in [-0.3, -0.25) is 9.59 Å². The predicted molar refractivity (Wildman–Crippen MR) is 47.3 cm³/mol. The molecule has 0 aromatic heterocycles. The highest BCUT2D eigenvalue weighted by Gasteiger charge is 2.77. The standard InChI is InChI=1S/C10H14O4/c1-13-8(11)10(9(12)14-2)6-4-3-5-7(6)10/h6-7H,3-5H2,1-2H3. The van der Waals surface area contributed by atoms with Gasteiger partial charge in [0.2, 0.25) is 0 Å². The Morgan fingerprint density at radius 3 is 1.86 bits per heavy atom. The Morgan fingerprint density at radius 2 is 1.50 bits per heavy atom. The highest BCUT2D eigenvalue weighted by molar-refractivity contribution is 6.04. The summed E-state index contributed by atoms with van der Waals surface area (Å²) < 4.78 is 9.39. The van der Waals surface area contributed by atoms with E-state index in [1.165, 1.54) is 14.2 Å². The first-order valence-electron chi connectivity index (χ1n) is 4.86. The normalized spacial score (nSPS) is 31.9. The fourth-order valence-corrected chi connectivity index (χ4v) is 2.98. The van der Waals surface area contributed by atoms with E-state index < -0.39 is 17.4 Å². The molecule has 2 saturated carbocycles. The average Bonchev–Trinajstić information content (AvgIpc) is 2.62. The molecule has 0 spiro atoms. The zero-order chi connectivity index (χ0) is 10.3. The van der Waals surface area contributed by atoms with Gasteiger partial charge in [-0.25, -0.2) is 0 Å². The lowest BCUT2D eigenvalue weighted by Crippen LogP contribution is -2.32. The monoisotopic (exact) mass is 198 g/mol. The molecule has 0 amide bonds. The summed E-state index contributed by atoms with van der Waals surface area (Å²) in [7, 11) is 2.64. The van der Waals surface area contributed by atoms with Crippen molar-refractivity contribution in [1.82, 2.24) is 0 Å². The molecule has 2 unspecified atom stereocenters. The molecule has 0 aromatic carbocycles. The van der Waals surface area contributed by atoms with Gasteiger partial charge in [0, 0.05) is 0 Å². The second-order valence-corrected chi connectivity index (χ2v) is 4.00. The molecular weight excluding hydrogens is 184 g/mol. The second-order valence-electron chi connectivity index (χ2n) is 4.00. The van der Waals surface area contributed by atoms with Gasteiger partial charge in [-0.15, -0.1) is 0 Å². The molecule has 4 heteroatoms. The number of carbonyl (C=O) groups excluding carboxylic acids is 2. The summed E-state index contributed by atoms with van der Waals surface area (Å²) in [5.41, 5.74) is -0.943. The van der Waals surface area contributed by atoms with Crippen LogP contribution in [0.15, 0.2) is 0 Å². The summed E-state index contributed by atoms with van der Waals surface area (Å²) in [6, 6.07) is 0. The van der Waals surface area contributed by atoms with Gasteiger partial charge in [-0.2, -0.15) is 0 Å². The second kappa shape index (κ2) is 2.97. The predicted octanol–water partition coefficient (Wildman–Crippen LogP) is 0.749. The summed E-state index contributed by atoms with van der Waals surface area (Å²) in [5, 5.41) is 0. The molecule has 14 heavy (non-hydrogen) atoms. The van der Waals surface area contributed by atoms with E-state index in [9.17, 15) is 9.59 Å². The van der Waals surface area contributed by atoms with Gasteiger partial charge in [-0.1, -0.05) is 6.42 Å². The molecule has 2 aliphatic carbocycles. The molecule has 78 valence electrons. The molecule has 4 nitrogen and oxygen atoms in total. The average molecular weight is 198 g/mol. The topological polar surface area (TPSA) is 52.6 Å². The van der Waals surface area contributed by atoms with Gasteiger partial charge in [0.05, 0.1) is 14.2 Å². The van der Waals surface area contributed by atoms with E-state index in [1.807, 2.05) is 0 Å². The quantitative estimate of drug-likeness (QED) is 0.485. The summed E-state index contributed by atoms with van der Waals surface area (Å²) in [6.45, 7) is 0. The van der Waals surface area contributed by atoms with Crippen molar-refractivity contribution in [3.63, 3.8) is 0 Å². The SMILES string of the molecule is COC(=O)C1(C(=O)OC)C2CCCC21. The first-order chi connectivity index (χ1) is 6.69. The third kappa shape index (κ3) is 0.885. The number of fused-ring (bicyclic) bond motifs is 1. The lowest BCUT2D eigenvalue weighted by molar-refractivity contribution is -0.163. The Labute approximate surface area is 82.6 Å².